The van der Waals surface area contributed by atoms with Gasteiger partial charge in [-0.3, -0.25) is 10.1 Å². The SMILES string of the molecule is CCOC(=O)Nc1cccc(-c2c(C)c(C(=O)NC(C(=O)OC)C(C)(C)C)nn2-c2ccc(Cl)cc2Cl)c1. The maximum absolute atomic E-state index is 13.5. The van der Waals surface area contributed by atoms with E-state index in [9.17, 15) is 14.4 Å². The van der Waals surface area contributed by atoms with Crippen molar-refractivity contribution in [2.75, 3.05) is 19.0 Å². The third kappa shape index (κ3) is 6.46. The topological polar surface area (TPSA) is 112 Å². The lowest BCUT2D eigenvalue weighted by molar-refractivity contribution is -0.145. The van der Waals surface area contributed by atoms with Gasteiger partial charge in [0, 0.05) is 21.8 Å². The molecule has 3 aromatic rings. The quantitative estimate of drug-likeness (QED) is 0.340. The number of esters is 1. The number of anilines is 1. The molecule has 0 radical (unpaired) electrons. The fourth-order valence-electron chi connectivity index (χ4n) is 3.85. The Morgan fingerprint density at radius 1 is 1.11 bits per heavy atom. The Labute approximate surface area is 231 Å². The molecule has 0 spiro atoms. The Hall–Kier alpha value is -3.56. The van der Waals surface area contributed by atoms with Gasteiger partial charge in [0.15, 0.2) is 5.69 Å². The Morgan fingerprint density at radius 3 is 2.42 bits per heavy atom. The van der Waals surface area contributed by atoms with E-state index >= 15 is 0 Å². The Balaban J connectivity index is 2.16. The summed E-state index contributed by atoms with van der Waals surface area (Å²) in [6, 6.07) is 11.0. The van der Waals surface area contributed by atoms with Crippen molar-refractivity contribution in [1.29, 1.82) is 0 Å². The lowest BCUT2D eigenvalue weighted by atomic mass is 9.86. The predicted molar refractivity (Wildman–Crippen MR) is 147 cm³/mol. The maximum Gasteiger partial charge on any atom is 0.411 e. The summed E-state index contributed by atoms with van der Waals surface area (Å²) >= 11 is 12.6. The third-order valence-corrected chi connectivity index (χ3v) is 6.25. The minimum atomic E-state index is -0.913. The number of nitrogens with one attached hydrogen (secondary N) is 2. The molecule has 3 rings (SSSR count). The lowest BCUT2D eigenvalue weighted by Gasteiger charge is -2.28. The van der Waals surface area contributed by atoms with E-state index in [1.54, 1.807) is 50.2 Å². The monoisotopic (exact) mass is 560 g/mol. The first-order chi connectivity index (χ1) is 17.9. The van der Waals surface area contributed by atoms with Gasteiger partial charge >= 0.3 is 12.1 Å². The molecule has 9 nitrogen and oxygen atoms in total. The van der Waals surface area contributed by atoms with Crippen LogP contribution in [0.4, 0.5) is 10.5 Å². The van der Waals surface area contributed by atoms with Gasteiger partial charge in [-0.05, 0) is 49.6 Å². The number of carbonyl (C=O) groups is 3. The lowest BCUT2D eigenvalue weighted by Crippen LogP contribution is -2.49. The summed E-state index contributed by atoms with van der Waals surface area (Å²) in [7, 11) is 1.27. The number of halogens is 2. The van der Waals surface area contributed by atoms with Crippen LogP contribution in [0.25, 0.3) is 16.9 Å². The van der Waals surface area contributed by atoms with Crippen LogP contribution in [-0.4, -0.2) is 47.5 Å². The molecule has 1 atom stereocenters. The molecule has 0 fully saturated rings. The van der Waals surface area contributed by atoms with E-state index in [0.29, 0.717) is 38.2 Å². The van der Waals surface area contributed by atoms with Crippen molar-refractivity contribution in [2.45, 2.75) is 40.7 Å². The van der Waals surface area contributed by atoms with Crippen molar-refractivity contribution in [2.24, 2.45) is 5.41 Å². The summed E-state index contributed by atoms with van der Waals surface area (Å²) < 4.78 is 11.4. The largest absolute Gasteiger partial charge is 0.467 e. The van der Waals surface area contributed by atoms with E-state index in [1.165, 1.54) is 11.8 Å². The average molecular weight is 561 g/mol. The molecule has 2 aromatic carbocycles. The van der Waals surface area contributed by atoms with E-state index < -0.39 is 29.4 Å². The molecule has 11 heteroatoms. The highest BCUT2D eigenvalue weighted by Gasteiger charge is 2.35. The number of hydrogen-bond donors (Lipinski definition) is 2. The predicted octanol–water partition coefficient (Wildman–Crippen LogP) is 6.04. The van der Waals surface area contributed by atoms with E-state index in [0.717, 1.165) is 0 Å². The summed E-state index contributed by atoms with van der Waals surface area (Å²) in [6.07, 6.45) is -0.591. The molecule has 1 unspecified atom stereocenters. The van der Waals surface area contributed by atoms with Crippen LogP contribution in [0.1, 0.15) is 43.7 Å². The van der Waals surface area contributed by atoms with Gasteiger partial charge in [0.1, 0.15) is 6.04 Å². The molecule has 38 heavy (non-hydrogen) atoms. The van der Waals surface area contributed by atoms with Gasteiger partial charge in [-0.2, -0.15) is 5.10 Å². The standard InChI is InChI=1S/C27H30Cl2N4O5/c1-7-38-26(36)30-18-10-8-9-16(13-18)22-15(2)21(24(34)31-23(25(35)37-6)27(3,4)5)32-33(22)20-12-11-17(28)14-19(20)29/h8-14,23H,7H2,1-6H3,(H,30,36)(H,31,34). The van der Waals surface area contributed by atoms with Crippen LogP contribution < -0.4 is 10.6 Å². The summed E-state index contributed by atoms with van der Waals surface area (Å²) in [6.45, 7) is 9.15. The van der Waals surface area contributed by atoms with Gasteiger partial charge in [-0.25, -0.2) is 14.3 Å². The van der Waals surface area contributed by atoms with Crippen LogP contribution in [0, 0.1) is 12.3 Å². The molecule has 0 aliphatic rings. The second-order valence-electron chi connectivity index (χ2n) is 9.55. The molecule has 2 N–H and O–H groups in total. The molecule has 202 valence electrons. The summed E-state index contributed by atoms with van der Waals surface area (Å²) in [5.41, 5.74) is 2.17. The first-order valence-corrected chi connectivity index (χ1v) is 12.6. The van der Waals surface area contributed by atoms with Crippen molar-refractivity contribution < 1.29 is 23.9 Å². The van der Waals surface area contributed by atoms with E-state index in [4.69, 9.17) is 32.7 Å². The Morgan fingerprint density at radius 2 is 1.82 bits per heavy atom. The van der Waals surface area contributed by atoms with Crippen molar-refractivity contribution in [1.82, 2.24) is 15.1 Å². The second-order valence-corrected chi connectivity index (χ2v) is 10.4. The molecule has 0 bridgehead atoms. The smallest absolute Gasteiger partial charge is 0.411 e. The maximum atomic E-state index is 13.5. The van der Waals surface area contributed by atoms with Gasteiger partial charge in [-0.1, -0.05) is 56.1 Å². The van der Waals surface area contributed by atoms with Crippen molar-refractivity contribution >= 4 is 46.9 Å². The number of ether oxygens (including phenoxy) is 2. The summed E-state index contributed by atoms with van der Waals surface area (Å²) in [4.78, 5) is 37.9. The average Bonchev–Trinajstić information content (AvgIpc) is 3.18. The minimum Gasteiger partial charge on any atom is -0.467 e. The fraction of sp³-hybridized carbons (Fsp3) is 0.333. The number of aromatic nitrogens is 2. The second kappa shape index (κ2) is 11.9. The zero-order chi connectivity index (χ0) is 28.2. The van der Waals surface area contributed by atoms with Crippen LogP contribution in [0.3, 0.4) is 0 Å². The van der Waals surface area contributed by atoms with E-state index in [-0.39, 0.29) is 12.3 Å². The fourth-order valence-corrected chi connectivity index (χ4v) is 4.34. The summed E-state index contributed by atoms with van der Waals surface area (Å²) in [5, 5.41) is 10.8. The van der Waals surface area contributed by atoms with Gasteiger partial charge in [-0.15, -0.1) is 0 Å². The number of hydrogen-bond acceptors (Lipinski definition) is 6. The van der Waals surface area contributed by atoms with Crippen LogP contribution in [0.15, 0.2) is 42.5 Å². The first kappa shape index (κ1) is 29.0. The van der Waals surface area contributed by atoms with Crippen molar-refractivity contribution in [3.8, 4) is 16.9 Å². The molecule has 0 aliphatic heterocycles. The van der Waals surface area contributed by atoms with Gasteiger partial charge in [0.2, 0.25) is 0 Å². The third-order valence-electron chi connectivity index (χ3n) is 5.71. The van der Waals surface area contributed by atoms with E-state index in [2.05, 4.69) is 15.7 Å². The molecule has 2 amide bonds. The number of benzene rings is 2. The van der Waals surface area contributed by atoms with Gasteiger partial charge < -0.3 is 14.8 Å². The Bertz CT molecular complexity index is 1360. The zero-order valence-corrected chi connectivity index (χ0v) is 23.5. The number of nitrogens with zero attached hydrogens (tertiary/aromatic N) is 2. The van der Waals surface area contributed by atoms with Crippen molar-refractivity contribution in [3.05, 3.63) is 63.8 Å². The van der Waals surface area contributed by atoms with Gasteiger partial charge in [0.25, 0.3) is 5.91 Å². The van der Waals surface area contributed by atoms with Crippen LogP contribution in [0.2, 0.25) is 10.0 Å². The van der Waals surface area contributed by atoms with Gasteiger partial charge in [0.05, 0.1) is 30.1 Å². The van der Waals surface area contributed by atoms with Crippen LogP contribution in [-0.2, 0) is 14.3 Å². The summed E-state index contributed by atoms with van der Waals surface area (Å²) in [5.74, 6) is -1.12. The van der Waals surface area contributed by atoms with Crippen LogP contribution >= 0.6 is 23.2 Å². The highest BCUT2D eigenvalue weighted by atomic mass is 35.5. The molecule has 1 heterocycles. The highest BCUT2D eigenvalue weighted by Crippen LogP contribution is 2.34. The molecule has 0 aliphatic carbocycles. The normalized spacial score (nSPS) is 12.0. The number of amides is 2. The Kier molecular flexibility index (Phi) is 9.06. The molecular formula is C27H30Cl2N4O5. The zero-order valence-electron chi connectivity index (χ0n) is 22.0. The number of methoxy groups -OCH3 is 1. The molecular weight excluding hydrogens is 531 g/mol. The highest BCUT2D eigenvalue weighted by molar-refractivity contribution is 6.35. The van der Waals surface area contributed by atoms with E-state index in [1.807, 2.05) is 26.8 Å². The molecule has 0 saturated carbocycles. The van der Waals surface area contributed by atoms with Crippen LogP contribution in [0.5, 0.6) is 0 Å². The molecule has 0 saturated heterocycles. The molecule has 1 aromatic heterocycles. The number of rotatable bonds is 7. The minimum absolute atomic E-state index is 0.0907. The first-order valence-electron chi connectivity index (χ1n) is 11.8. The van der Waals surface area contributed by atoms with Crippen molar-refractivity contribution in [3.63, 3.8) is 0 Å². The number of carbonyl (C=O) groups excluding carboxylic acids is 3.